The van der Waals surface area contributed by atoms with E-state index in [0.29, 0.717) is 5.56 Å². The topological polar surface area (TPSA) is 66.4 Å². The number of aliphatic carboxylic acids is 1. The van der Waals surface area contributed by atoms with Crippen LogP contribution >= 0.6 is 11.3 Å². The Labute approximate surface area is 111 Å². The lowest BCUT2D eigenvalue weighted by Gasteiger charge is -2.30. The Balaban J connectivity index is 2.82. The third kappa shape index (κ3) is 3.84. The van der Waals surface area contributed by atoms with Crippen LogP contribution in [-0.2, 0) is 4.79 Å². The van der Waals surface area contributed by atoms with Gasteiger partial charge < -0.3 is 10.4 Å². The minimum atomic E-state index is -0.905. The van der Waals surface area contributed by atoms with Gasteiger partial charge in [-0.25, -0.2) is 0 Å². The Hall–Kier alpha value is -1.36. The molecule has 1 aromatic rings. The van der Waals surface area contributed by atoms with Crippen molar-refractivity contribution in [2.75, 3.05) is 0 Å². The molecular formula is C13H19NO3S. The van der Waals surface area contributed by atoms with E-state index in [9.17, 15) is 9.59 Å². The van der Waals surface area contributed by atoms with Crippen LogP contribution in [0, 0.1) is 12.3 Å². The van der Waals surface area contributed by atoms with Crippen LogP contribution in [0.2, 0.25) is 0 Å². The van der Waals surface area contributed by atoms with Gasteiger partial charge in [-0.2, -0.15) is 11.3 Å². The summed E-state index contributed by atoms with van der Waals surface area (Å²) in [7, 11) is 0. The molecule has 1 atom stereocenters. The zero-order valence-electron chi connectivity index (χ0n) is 11.1. The van der Waals surface area contributed by atoms with E-state index in [0.717, 1.165) is 5.56 Å². The molecule has 18 heavy (non-hydrogen) atoms. The summed E-state index contributed by atoms with van der Waals surface area (Å²) in [5.41, 5.74) is 1.25. The molecule has 0 bridgehead atoms. The van der Waals surface area contributed by atoms with Crippen molar-refractivity contribution in [3.8, 4) is 0 Å². The SMILES string of the molecule is Cc1cscc1C(=O)NC(CC(=O)O)C(C)(C)C. The Morgan fingerprint density at radius 2 is 2.00 bits per heavy atom. The average molecular weight is 269 g/mol. The lowest BCUT2D eigenvalue weighted by atomic mass is 9.84. The number of carbonyl (C=O) groups is 2. The van der Waals surface area contributed by atoms with E-state index in [2.05, 4.69) is 5.32 Å². The van der Waals surface area contributed by atoms with E-state index < -0.39 is 5.97 Å². The monoisotopic (exact) mass is 269 g/mol. The summed E-state index contributed by atoms with van der Waals surface area (Å²) in [6.45, 7) is 7.62. The summed E-state index contributed by atoms with van der Waals surface area (Å²) in [5, 5.41) is 15.4. The number of amides is 1. The largest absolute Gasteiger partial charge is 0.481 e. The molecule has 0 fully saturated rings. The normalized spacial score (nSPS) is 13.1. The van der Waals surface area contributed by atoms with Gasteiger partial charge in [0.2, 0.25) is 0 Å². The summed E-state index contributed by atoms with van der Waals surface area (Å²) < 4.78 is 0. The molecule has 1 amide bonds. The van der Waals surface area contributed by atoms with Gasteiger partial charge in [-0.05, 0) is 23.3 Å². The smallest absolute Gasteiger partial charge is 0.305 e. The van der Waals surface area contributed by atoms with Crippen LogP contribution < -0.4 is 5.32 Å². The quantitative estimate of drug-likeness (QED) is 0.883. The molecule has 1 aromatic heterocycles. The van der Waals surface area contributed by atoms with Gasteiger partial charge in [0.1, 0.15) is 0 Å². The van der Waals surface area contributed by atoms with Crippen molar-refractivity contribution < 1.29 is 14.7 Å². The van der Waals surface area contributed by atoms with Gasteiger partial charge in [0.05, 0.1) is 12.0 Å². The highest BCUT2D eigenvalue weighted by Crippen LogP contribution is 2.23. The fourth-order valence-electron chi connectivity index (χ4n) is 1.58. The van der Waals surface area contributed by atoms with E-state index in [1.165, 1.54) is 11.3 Å². The van der Waals surface area contributed by atoms with Gasteiger partial charge in [0, 0.05) is 11.4 Å². The summed E-state index contributed by atoms with van der Waals surface area (Å²) >= 11 is 1.47. The number of thiophene rings is 1. The highest BCUT2D eigenvalue weighted by Gasteiger charge is 2.29. The number of nitrogens with one attached hydrogen (secondary N) is 1. The molecule has 0 spiro atoms. The standard InChI is InChI=1S/C13H19NO3S/c1-8-6-18-7-9(8)12(17)14-10(5-11(15)16)13(2,3)4/h6-7,10H,5H2,1-4H3,(H,14,17)(H,15,16). The zero-order valence-corrected chi connectivity index (χ0v) is 11.9. The number of aryl methyl sites for hydroxylation is 1. The Morgan fingerprint density at radius 3 is 2.39 bits per heavy atom. The highest BCUT2D eigenvalue weighted by molar-refractivity contribution is 7.08. The van der Waals surface area contributed by atoms with Crippen molar-refractivity contribution in [1.82, 2.24) is 5.32 Å². The van der Waals surface area contributed by atoms with Crippen LogP contribution in [0.3, 0.4) is 0 Å². The van der Waals surface area contributed by atoms with Crippen molar-refractivity contribution >= 4 is 23.2 Å². The molecule has 4 nitrogen and oxygen atoms in total. The molecule has 1 rings (SSSR count). The fraction of sp³-hybridized carbons (Fsp3) is 0.538. The van der Waals surface area contributed by atoms with E-state index in [4.69, 9.17) is 5.11 Å². The molecule has 5 heteroatoms. The summed E-state index contributed by atoms with van der Waals surface area (Å²) in [5.74, 6) is -1.10. The number of carboxylic acids is 1. The predicted molar refractivity (Wildman–Crippen MR) is 72.0 cm³/mol. The number of hydrogen-bond donors (Lipinski definition) is 2. The molecule has 0 aliphatic carbocycles. The van der Waals surface area contributed by atoms with Gasteiger partial charge >= 0.3 is 5.97 Å². The molecule has 0 saturated carbocycles. The van der Waals surface area contributed by atoms with E-state index >= 15 is 0 Å². The van der Waals surface area contributed by atoms with E-state index in [1.807, 2.05) is 33.1 Å². The number of rotatable bonds is 4. The summed E-state index contributed by atoms with van der Waals surface area (Å²) in [6.07, 6.45) is -0.0710. The second-order valence-electron chi connectivity index (χ2n) is 5.46. The first-order valence-corrected chi connectivity index (χ1v) is 6.71. The average Bonchev–Trinajstić information content (AvgIpc) is 2.61. The molecule has 1 unspecified atom stereocenters. The predicted octanol–water partition coefficient (Wildman–Crippen LogP) is 2.68. The first kappa shape index (κ1) is 14.7. The third-order valence-electron chi connectivity index (χ3n) is 2.83. The minimum absolute atomic E-state index is 0.0710. The van der Waals surface area contributed by atoms with E-state index in [-0.39, 0.29) is 23.8 Å². The Morgan fingerprint density at radius 1 is 1.39 bits per heavy atom. The fourth-order valence-corrected chi connectivity index (χ4v) is 2.41. The summed E-state index contributed by atoms with van der Waals surface area (Å²) in [6, 6.07) is -0.387. The highest BCUT2D eigenvalue weighted by atomic mass is 32.1. The molecule has 0 saturated heterocycles. The van der Waals surface area contributed by atoms with Crippen molar-refractivity contribution in [1.29, 1.82) is 0 Å². The molecule has 100 valence electrons. The lowest BCUT2D eigenvalue weighted by Crippen LogP contribution is -2.45. The van der Waals surface area contributed by atoms with Gasteiger partial charge in [-0.15, -0.1) is 0 Å². The molecule has 0 aliphatic heterocycles. The van der Waals surface area contributed by atoms with Crippen LogP contribution in [0.15, 0.2) is 10.8 Å². The van der Waals surface area contributed by atoms with Gasteiger partial charge in [-0.1, -0.05) is 20.8 Å². The maximum absolute atomic E-state index is 12.1. The third-order valence-corrected chi connectivity index (χ3v) is 3.69. The van der Waals surface area contributed by atoms with Crippen molar-refractivity contribution in [2.24, 2.45) is 5.41 Å². The second kappa shape index (κ2) is 5.52. The van der Waals surface area contributed by atoms with Crippen LogP contribution in [0.1, 0.15) is 43.1 Å². The van der Waals surface area contributed by atoms with Gasteiger partial charge in [0.25, 0.3) is 5.91 Å². The first-order valence-electron chi connectivity index (χ1n) is 5.77. The first-order chi connectivity index (χ1) is 8.21. The maximum Gasteiger partial charge on any atom is 0.305 e. The van der Waals surface area contributed by atoms with Crippen molar-refractivity contribution in [2.45, 2.75) is 40.2 Å². The maximum atomic E-state index is 12.1. The van der Waals surface area contributed by atoms with Crippen LogP contribution in [-0.4, -0.2) is 23.0 Å². The van der Waals surface area contributed by atoms with Crippen LogP contribution in [0.25, 0.3) is 0 Å². The van der Waals surface area contributed by atoms with Gasteiger partial charge in [0.15, 0.2) is 0 Å². The molecule has 0 aromatic carbocycles. The van der Waals surface area contributed by atoms with Crippen molar-refractivity contribution in [3.05, 3.63) is 21.9 Å². The Kier molecular flexibility index (Phi) is 4.51. The molecule has 2 N–H and O–H groups in total. The van der Waals surface area contributed by atoms with E-state index in [1.54, 1.807) is 5.38 Å². The Bertz CT molecular complexity index is 445. The molecule has 1 heterocycles. The summed E-state index contributed by atoms with van der Waals surface area (Å²) in [4.78, 5) is 22.9. The lowest BCUT2D eigenvalue weighted by molar-refractivity contribution is -0.138. The van der Waals surface area contributed by atoms with Crippen LogP contribution in [0.5, 0.6) is 0 Å². The van der Waals surface area contributed by atoms with Crippen molar-refractivity contribution in [3.63, 3.8) is 0 Å². The number of carboxylic acid groups (broad SMARTS) is 1. The zero-order chi connectivity index (χ0) is 13.9. The molecule has 0 radical (unpaired) electrons. The number of hydrogen-bond acceptors (Lipinski definition) is 3. The molecule has 0 aliphatic rings. The van der Waals surface area contributed by atoms with Gasteiger partial charge in [-0.3, -0.25) is 9.59 Å². The number of carbonyl (C=O) groups excluding carboxylic acids is 1. The molecular weight excluding hydrogens is 250 g/mol. The van der Waals surface area contributed by atoms with Crippen LogP contribution in [0.4, 0.5) is 0 Å². The second-order valence-corrected chi connectivity index (χ2v) is 6.20. The minimum Gasteiger partial charge on any atom is -0.481 e.